The van der Waals surface area contributed by atoms with Crippen molar-refractivity contribution in [2.45, 2.75) is 26.4 Å². The van der Waals surface area contributed by atoms with Gasteiger partial charge in [0.1, 0.15) is 11.2 Å². The lowest BCUT2D eigenvalue weighted by atomic mass is 10.2. The molecule has 1 amide bonds. The highest BCUT2D eigenvalue weighted by Crippen LogP contribution is 2.26. The topological polar surface area (TPSA) is 45.9 Å². The molecule has 0 bridgehead atoms. The number of rotatable bonds is 1. The summed E-state index contributed by atoms with van der Waals surface area (Å²) < 4.78 is 11.3. The minimum absolute atomic E-state index is 0.239. The average molecular weight is 302 g/mol. The Hall–Kier alpha value is -2.17. The zero-order chi connectivity index (χ0) is 15.7. The first kappa shape index (κ1) is 14.8. The van der Waals surface area contributed by atoms with Crippen LogP contribution in [0.1, 0.15) is 20.8 Å². The maximum atomic E-state index is 12.1. The Morgan fingerprint density at radius 1 is 1.14 bits per heavy atom. The molecule has 1 aliphatic heterocycles. The smallest absolute Gasteiger partial charge is 0.410 e. The molecule has 1 aromatic heterocycles. The molecular formula is C17H22N2O3. The lowest BCUT2D eigenvalue weighted by Gasteiger charge is -2.35. The number of ether oxygens (including phenoxy) is 1. The molecule has 1 fully saturated rings. The first-order valence-corrected chi connectivity index (χ1v) is 7.64. The van der Waals surface area contributed by atoms with Crippen LogP contribution in [0.25, 0.3) is 11.0 Å². The maximum absolute atomic E-state index is 12.1. The Labute approximate surface area is 130 Å². The van der Waals surface area contributed by atoms with Gasteiger partial charge in [0.15, 0.2) is 5.88 Å². The predicted molar refractivity (Wildman–Crippen MR) is 86.2 cm³/mol. The molecule has 0 N–H and O–H groups in total. The first-order valence-electron chi connectivity index (χ1n) is 7.64. The van der Waals surface area contributed by atoms with Gasteiger partial charge >= 0.3 is 6.09 Å². The van der Waals surface area contributed by atoms with Gasteiger partial charge in [0, 0.05) is 37.6 Å². The molecule has 0 atom stereocenters. The summed E-state index contributed by atoms with van der Waals surface area (Å²) in [5.41, 5.74) is 0.444. The standard InChI is InChI=1S/C17H22N2O3/c1-17(2,3)22-16(20)19-10-8-18(9-11-19)15-12-13-6-4-5-7-14(13)21-15/h4-7,12H,8-11H2,1-3H3. The molecule has 0 spiro atoms. The van der Waals surface area contributed by atoms with Gasteiger partial charge in [-0.3, -0.25) is 0 Å². The molecule has 118 valence electrons. The van der Waals surface area contributed by atoms with E-state index in [0.29, 0.717) is 13.1 Å². The van der Waals surface area contributed by atoms with E-state index in [1.54, 1.807) is 4.90 Å². The van der Waals surface area contributed by atoms with Crippen LogP contribution in [0.15, 0.2) is 34.7 Å². The highest BCUT2D eigenvalue weighted by atomic mass is 16.6. The molecule has 1 aliphatic rings. The van der Waals surface area contributed by atoms with Crippen LogP contribution in [0, 0.1) is 0 Å². The molecule has 0 unspecified atom stereocenters. The van der Waals surface area contributed by atoms with Crippen LogP contribution in [-0.2, 0) is 4.74 Å². The quantitative estimate of drug-likeness (QED) is 0.809. The number of amides is 1. The van der Waals surface area contributed by atoms with E-state index in [9.17, 15) is 4.79 Å². The number of para-hydroxylation sites is 1. The SMILES string of the molecule is CC(C)(C)OC(=O)N1CCN(c2cc3ccccc3o2)CC1. The fourth-order valence-corrected chi connectivity index (χ4v) is 2.56. The van der Waals surface area contributed by atoms with E-state index in [1.807, 2.05) is 45.0 Å². The fraction of sp³-hybridized carbons (Fsp3) is 0.471. The fourth-order valence-electron chi connectivity index (χ4n) is 2.56. The number of anilines is 1. The summed E-state index contributed by atoms with van der Waals surface area (Å²) in [6.45, 7) is 8.44. The number of furan rings is 1. The van der Waals surface area contributed by atoms with Crippen LogP contribution in [0.3, 0.4) is 0 Å². The molecule has 5 nitrogen and oxygen atoms in total. The second kappa shape index (κ2) is 5.55. The number of hydrogen-bond donors (Lipinski definition) is 0. The molecule has 2 aromatic rings. The van der Waals surface area contributed by atoms with Crippen molar-refractivity contribution in [3.8, 4) is 0 Å². The Bertz CT molecular complexity index is 631. The Morgan fingerprint density at radius 3 is 2.45 bits per heavy atom. The van der Waals surface area contributed by atoms with Crippen molar-refractivity contribution in [3.05, 3.63) is 30.3 Å². The van der Waals surface area contributed by atoms with E-state index < -0.39 is 5.60 Å². The number of fused-ring (bicyclic) bond motifs is 1. The number of benzene rings is 1. The third kappa shape index (κ3) is 3.18. The summed E-state index contributed by atoms with van der Waals surface area (Å²) >= 11 is 0. The van der Waals surface area contributed by atoms with Gasteiger partial charge in [-0.05, 0) is 26.8 Å². The van der Waals surface area contributed by atoms with Crippen LogP contribution >= 0.6 is 0 Å². The maximum Gasteiger partial charge on any atom is 0.410 e. The van der Waals surface area contributed by atoms with Gasteiger partial charge in [-0.2, -0.15) is 0 Å². The van der Waals surface area contributed by atoms with E-state index in [0.717, 1.165) is 29.9 Å². The van der Waals surface area contributed by atoms with E-state index in [1.165, 1.54) is 0 Å². The van der Waals surface area contributed by atoms with E-state index in [2.05, 4.69) is 11.0 Å². The predicted octanol–water partition coefficient (Wildman–Crippen LogP) is 3.49. The Kier molecular flexibility index (Phi) is 3.72. The number of nitrogens with zero attached hydrogens (tertiary/aromatic N) is 2. The molecule has 5 heteroatoms. The molecule has 1 aromatic carbocycles. The Balaban J connectivity index is 1.63. The van der Waals surface area contributed by atoms with Crippen molar-refractivity contribution < 1.29 is 13.9 Å². The van der Waals surface area contributed by atoms with Crippen molar-refractivity contribution >= 4 is 22.9 Å². The summed E-state index contributed by atoms with van der Waals surface area (Å²) in [4.78, 5) is 16.0. The molecule has 22 heavy (non-hydrogen) atoms. The number of carbonyl (C=O) groups is 1. The summed E-state index contributed by atoms with van der Waals surface area (Å²) in [6, 6.07) is 10.0. The van der Waals surface area contributed by atoms with Gasteiger partial charge in [0.2, 0.25) is 0 Å². The molecule has 0 radical (unpaired) electrons. The molecule has 2 heterocycles. The number of hydrogen-bond acceptors (Lipinski definition) is 4. The number of piperazine rings is 1. The summed E-state index contributed by atoms with van der Waals surface area (Å²) in [5.74, 6) is 0.866. The zero-order valence-electron chi connectivity index (χ0n) is 13.3. The summed E-state index contributed by atoms with van der Waals surface area (Å²) in [7, 11) is 0. The summed E-state index contributed by atoms with van der Waals surface area (Å²) in [6.07, 6.45) is -0.239. The second-order valence-corrected chi connectivity index (χ2v) is 6.58. The van der Waals surface area contributed by atoms with Gasteiger partial charge in [0.05, 0.1) is 0 Å². The Morgan fingerprint density at radius 2 is 1.82 bits per heavy atom. The third-order valence-electron chi connectivity index (χ3n) is 3.66. The monoisotopic (exact) mass is 302 g/mol. The van der Waals surface area contributed by atoms with Crippen LogP contribution in [-0.4, -0.2) is 42.8 Å². The van der Waals surface area contributed by atoms with Gasteiger partial charge in [-0.25, -0.2) is 4.79 Å². The van der Waals surface area contributed by atoms with Gasteiger partial charge in [0.25, 0.3) is 0 Å². The van der Waals surface area contributed by atoms with Gasteiger partial charge < -0.3 is 19.0 Å². The zero-order valence-corrected chi connectivity index (χ0v) is 13.3. The largest absolute Gasteiger partial charge is 0.444 e. The van der Waals surface area contributed by atoms with Crippen LogP contribution < -0.4 is 4.90 Å². The molecular weight excluding hydrogens is 280 g/mol. The number of carbonyl (C=O) groups excluding carboxylic acids is 1. The normalized spacial score (nSPS) is 16.1. The van der Waals surface area contributed by atoms with Crippen molar-refractivity contribution in [3.63, 3.8) is 0 Å². The van der Waals surface area contributed by atoms with Crippen molar-refractivity contribution in [2.75, 3.05) is 31.1 Å². The van der Waals surface area contributed by atoms with E-state index >= 15 is 0 Å². The van der Waals surface area contributed by atoms with Gasteiger partial charge in [-0.15, -0.1) is 0 Å². The lowest BCUT2D eigenvalue weighted by Crippen LogP contribution is -2.50. The minimum atomic E-state index is -0.451. The van der Waals surface area contributed by atoms with E-state index in [-0.39, 0.29) is 6.09 Å². The van der Waals surface area contributed by atoms with Crippen LogP contribution in [0.5, 0.6) is 0 Å². The molecule has 0 saturated carbocycles. The highest BCUT2D eigenvalue weighted by molar-refractivity contribution is 5.81. The van der Waals surface area contributed by atoms with E-state index in [4.69, 9.17) is 9.15 Å². The second-order valence-electron chi connectivity index (χ2n) is 6.58. The molecule has 0 aliphatic carbocycles. The van der Waals surface area contributed by atoms with Crippen molar-refractivity contribution in [1.82, 2.24) is 4.90 Å². The van der Waals surface area contributed by atoms with Crippen LogP contribution in [0.2, 0.25) is 0 Å². The van der Waals surface area contributed by atoms with Gasteiger partial charge in [-0.1, -0.05) is 18.2 Å². The molecule has 1 saturated heterocycles. The first-order chi connectivity index (χ1) is 10.4. The summed E-state index contributed by atoms with van der Waals surface area (Å²) in [5, 5.41) is 1.10. The minimum Gasteiger partial charge on any atom is -0.444 e. The third-order valence-corrected chi connectivity index (χ3v) is 3.66. The van der Waals surface area contributed by atoms with Crippen LogP contribution in [0.4, 0.5) is 10.7 Å². The van der Waals surface area contributed by atoms with Crippen molar-refractivity contribution in [2.24, 2.45) is 0 Å². The average Bonchev–Trinajstić information content (AvgIpc) is 2.89. The lowest BCUT2D eigenvalue weighted by molar-refractivity contribution is 0.0239. The van der Waals surface area contributed by atoms with Crippen molar-refractivity contribution in [1.29, 1.82) is 0 Å². The highest BCUT2D eigenvalue weighted by Gasteiger charge is 2.26. The molecule has 3 rings (SSSR count).